The van der Waals surface area contributed by atoms with E-state index >= 15 is 0 Å². The van der Waals surface area contributed by atoms with E-state index in [9.17, 15) is 0 Å². The van der Waals surface area contributed by atoms with Crippen molar-refractivity contribution in [2.24, 2.45) is 0 Å². The third kappa shape index (κ3) is 15.7. The molecule has 0 aliphatic carbocycles. The molecule has 0 N–H and O–H groups in total. The van der Waals surface area contributed by atoms with Crippen molar-refractivity contribution in [3.63, 3.8) is 0 Å². The molecular weight excluding hydrogens is 287 g/mol. The van der Waals surface area contributed by atoms with E-state index in [0.29, 0.717) is 0 Å². The average Bonchev–Trinajstić information content (AvgIpc) is 1.61. The standard InChI is InChI=1S/C5H12P.CH3.W/c1-3-4-5-6-2;;/h6H,1,3-5H2,2H3;1H3;/q2*-1;+2. The first-order chi connectivity index (χ1) is 2.91. The van der Waals surface area contributed by atoms with Crippen LogP contribution in [0.4, 0.5) is 0 Å². The molecule has 0 nitrogen and oxygen atoms in total. The monoisotopic (exact) mass is 302 g/mol. The largest absolute Gasteiger partial charge is 2.00 e. The van der Waals surface area contributed by atoms with Gasteiger partial charge in [0.1, 0.15) is 0 Å². The fourth-order valence-electron chi connectivity index (χ4n) is 0.302. The number of hydrogen-bond acceptors (Lipinski definition) is 0. The molecule has 8 heavy (non-hydrogen) atoms. The first-order valence-electron chi connectivity index (χ1n) is 2.35. The molecule has 0 saturated carbocycles. The normalized spacial score (nSPS) is 8.25. The molecule has 0 heterocycles. The van der Waals surface area contributed by atoms with Crippen LogP contribution < -0.4 is 0 Å². The van der Waals surface area contributed by atoms with Crippen molar-refractivity contribution >= 4 is 8.58 Å². The minimum Gasteiger partial charge on any atom is -0.358 e. The Bertz CT molecular complexity index is 20.5. The summed E-state index contributed by atoms with van der Waals surface area (Å²) in [5.74, 6) is 0. The van der Waals surface area contributed by atoms with Crippen LogP contribution in [0.1, 0.15) is 12.8 Å². The molecule has 0 aliphatic rings. The van der Waals surface area contributed by atoms with Crippen LogP contribution in [0.2, 0.25) is 0 Å². The Kier molecular flexibility index (Phi) is 31.5. The second-order valence-corrected chi connectivity index (χ2v) is 2.52. The molecule has 0 saturated heterocycles. The van der Waals surface area contributed by atoms with E-state index in [0.717, 1.165) is 15.0 Å². The number of unbranched alkanes of at least 4 members (excludes halogenated alkanes) is 1. The molecule has 50 valence electrons. The Labute approximate surface area is 69.9 Å². The third-order valence-electron chi connectivity index (χ3n) is 0.677. The summed E-state index contributed by atoms with van der Waals surface area (Å²) in [4.78, 5) is 0. The molecule has 0 amide bonds. The molecule has 0 aromatic heterocycles. The molecule has 0 aromatic rings. The molecule has 1 atom stereocenters. The summed E-state index contributed by atoms with van der Waals surface area (Å²) < 4.78 is 0. The summed E-state index contributed by atoms with van der Waals surface area (Å²) >= 11 is 0. The first-order valence-corrected chi connectivity index (χ1v) is 4.06. The van der Waals surface area contributed by atoms with Crippen LogP contribution in [0.3, 0.4) is 0 Å². The van der Waals surface area contributed by atoms with E-state index in [2.05, 4.69) is 13.6 Å². The molecule has 0 fully saturated rings. The van der Waals surface area contributed by atoms with Crippen molar-refractivity contribution in [1.29, 1.82) is 0 Å². The molecular formula is C6H15PW. The van der Waals surface area contributed by atoms with Gasteiger partial charge in [0.05, 0.1) is 0 Å². The van der Waals surface area contributed by atoms with Gasteiger partial charge >= 0.3 is 21.1 Å². The van der Waals surface area contributed by atoms with Crippen LogP contribution in [0.5, 0.6) is 0 Å². The molecule has 0 aliphatic heterocycles. The maximum Gasteiger partial charge on any atom is 2.00 e. The Balaban J connectivity index is -0.000000125. The second-order valence-electron chi connectivity index (χ2n) is 1.31. The molecule has 0 bridgehead atoms. The maximum absolute atomic E-state index is 3.73. The zero-order valence-electron chi connectivity index (χ0n) is 5.74. The smallest absolute Gasteiger partial charge is 0.358 e. The summed E-state index contributed by atoms with van der Waals surface area (Å²) in [6, 6.07) is 0. The minimum atomic E-state index is 0. The first kappa shape index (κ1) is 16.1. The van der Waals surface area contributed by atoms with Gasteiger partial charge < -0.3 is 14.4 Å². The fraction of sp³-hybridized carbons (Fsp3) is 0.667. The molecule has 2 heteroatoms. The fourth-order valence-corrected chi connectivity index (χ4v) is 0.905. The van der Waals surface area contributed by atoms with Crippen LogP contribution in [-0.2, 0) is 21.1 Å². The van der Waals surface area contributed by atoms with Gasteiger partial charge in [-0.2, -0.15) is 6.42 Å². The summed E-state index contributed by atoms with van der Waals surface area (Å²) in [5.41, 5.74) is 0. The molecule has 0 radical (unpaired) electrons. The van der Waals surface area contributed by atoms with Crippen LogP contribution in [0.15, 0.2) is 0 Å². The number of hydrogen-bond donors (Lipinski definition) is 0. The molecule has 0 aromatic carbocycles. The van der Waals surface area contributed by atoms with Crippen LogP contribution in [0.25, 0.3) is 0 Å². The van der Waals surface area contributed by atoms with Crippen molar-refractivity contribution in [1.82, 2.24) is 0 Å². The zero-order chi connectivity index (χ0) is 4.83. The predicted octanol–water partition coefficient (Wildman–Crippen LogP) is 2.36. The zero-order valence-corrected chi connectivity index (χ0v) is 9.67. The van der Waals surface area contributed by atoms with Gasteiger partial charge in [-0.1, -0.05) is 6.42 Å². The quantitative estimate of drug-likeness (QED) is 0.426. The predicted molar refractivity (Wildman–Crippen MR) is 40.1 cm³/mol. The van der Waals surface area contributed by atoms with E-state index in [1.807, 2.05) is 0 Å². The van der Waals surface area contributed by atoms with Gasteiger partial charge in [0, 0.05) is 0 Å². The summed E-state index contributed by atoms with van der Waals surface area (Å²) in [7, 11) is 1.12. The minimum absolute atomic E-state index is 0. The van der Waals surface area contributed by atoms with Gasteiger partial charge in [0.25, 0.3) is 0 Å². The summed E-state index contributed by atoms with van der Waals surface area (Å²) in [6.07, 6.45) is 3.80. The second kappa shape index (κ2) is 15.7. The Morgan fingerprint density at radius 1 is 1.50 bits per heavy atom. The molecule has 0 spiro atoms. The van der Waals surface area contributed by atoms with E-state index in [1.54, 1.807) is 0 Å². The van der Waals surface area contributed by atoms with Crippen molar-refractivity contribution in [3.8, 4) is 0 Å². The van der Waals surface area contributed by atoms with Crippen molar-refractivity contribution < 1.29 is 21.1 Å². The van der Waals surface area contributed by atoms with Crippen LogP contribution in [0, 0.1) is 14.4 Å². The number of rotatable bonds is 3. The van der Waals surface area contributed by atoms with Crippen LogP contribution in [-0.4, -0.2) is 12.8 Å². The van der Waals surface area contributed by atoms with E-state index in [4.69, 9.17) is 0 Å². The molecule has 0 rings (SSSR count). The van der Waals surface area contributed by atoms with Gasteiger partial charge in [-0.15, -0.1) is 8.58 Å². The van der Waals surface area contributed by atoms with Gasteiger partial charge in [0.2, 0.25) is 0 Å². The summed E-state index contributed by atoms with van der Waals surface area (Å²) in [5, 5.41) is 0. The SMILES string of the molecule is [CH2-]CCCPC.[CH3-].[W+2]. The van der Waals surface area contributed by atoms with Crippen molar-refractivity contribution in [2.75, 3.05) is 12.8 Å². The van der Waals surface area contributed by atoms with Gasteiger partial charge in [-0.25, -0.2) is 0 Å². The topological polar surface area (TPSA) is 0 Å². The third-order valence-corrected chi connectivity index (χ3v) is 1.53. The van der Waals surface area contributed by atoms with Gasteiger partial charge in [-0.05, 0) is 12.8 Å². The summed E-state index contributed by atoms with van der Waals surface area (Å²) in [6.45, 7) is 5.96. The maximum atomic E-state index is 3.73. The van der Waals surface area contributed by atoms with E-state index in [-0.39, 0.29) is 28.5 Å². The van der Waals surface area contributed by atoms with Gasteiger partial charge in [-0.3, -0.25) is 0 Å². The Hall–Kier alpha value is 1.12. The average molecular weight is 302 g/mol. The van der Waals surface area contributed by atoms with Gasteiger partial charge in [0.15, 0.2) is 0 Å². The van der Waals surface area contributed by atoms with Crippen LogP contribution >= 0.6 is 8.58 Å². The molecule has 1 unspecified atom stereocenters. The van der Waals surface area contributed by atoms with Crippen molar-refractivity contribution in [2.45, 2.75) is 12.8 Å². The Morgan fingerprint density at radius 2 is 2.00 bits per heavy atom. The Morgan fingerprint density at radius 3 is 2.12 bits per heavy atom. The van der Waals surface area contributed by atoms with E-state index < -0.39 is 0 Å². The van der Waals surface area contributed by atoms with Crippen molar-refractivity contribution in [3.05, 3.63) is 14.4 Å². The van der Waals surface area contributed by atoms with E-state index in [1.165, 1.54) is 12.6 Å².